The zero-order chi connectivity index (χ0) is 14.5. The highest BCUT2D eigenvalue weighted by atomic mass is 16.5. The van der Waals surface area contributed by atoms with E-state index >= 15 is 0 Å². The van der Waals surface area contributed by atoms with E-state index in [9.17, 15) is 9.90 Å². The van der Waals surface area contributed by atoms with Gasteiger partial charge in [0, 0.05) is 6.42 Å². The predicted octanol–water partition coefficient (Wildman–Crippen LogP) is -1.66. The van der Waals surface area contributed by atoms with Crippen LogP contribution in [0, 0.1) is 0 Å². The third kappa shape index (κ3) is 1.87. The number of aromatic nitrogens is 4. The van der Waals surface area contributed by atoms with Crippen LogP contribution in [0.1, 0.15) is 14.0 Å². The number of ether oxygens (including phenoxy) is 1. The second kappa shape index (κ2) is 4.30. The third-order valence-corrected chi connectivity index (χ3v) is 3.00. The van der Waals surface area contributed by atoms with Crippen molar-refractivity contribution >= 4 is 17.1 Å². The van der Waals surface area contributed by atoms with E-state index in [2.05, 4.69) is 15.0 Å². The largest absolute Gasteiger partial charge is 0.394 e. The topological polar surface area (TPSA) is 139 Å². The molecule has 2 aromatic rings. The van der Waals surface area contributed by atoms with E-state index in [0.717, 1.165) is 0 Å². The number of nitrogens with zero attached hydrogens (tertiary/aromatic N) is 3. The number of H-pyrrole nitrogens is 1. The summed E-state index contributed by atoms with van der Waals surface area (Å²) in [5.41, 5.74) is 5.29. The zero-order valence-electron chi connectivity index (χ0n) is 10.8. The van der Waals surface area contributed by atoms with Gasteiger partial charge in [-0.2, -0.15) is 4.98 Å². The van der Waals surface area contributed by atoms with E-state index in [1.165, 1.54) is 10.9 Å². The molecule has 5 N–H and O–H groups in total. The Morgan fingerprint density at radius 1 is 1.74 bits per heavy atom. The van der Waals surface area contributed by atoms with Crippen molar-refractivity contribution in [3.63, 3.8) is 0 Å². The summed E-state index contributed by atoms with van der Waals surface area (Å²) in [7, 11) is 0. The van der Waals surface area contributed by atoms with Gasteiger partial charge in [0.15, 0.2) is 11.2 Å². The zero-order valence-corrected chi connectivity index (χ0v) is 9.78. The molecule has 0 unspecified atom stereocenters. The lowest BCUT2D eigenvalue weighted by Gasteiger charge is -2.13. The van der Waals surface area contributed by atoms with Crippen molar-refractivity contribution in [2.45, 2.75) is 24.8 Å². The van der Waals surface area contributed by atoms with E-state index in [1.807, 2.05) is 0 Å². The third-order valence-electron chi connectivity index (χ3n) is 3.00. The molecule has 19 heavy (non-hydrogen) atoms. The first kappa shape index (κ1) is 10.9. The number of nitrogens with one attached hydrogen (secondary N) is 1. The van der Waals surface area contributed by atoms with Gasteiger partial charge in [-0.1, -0.05) is 0 Å². The molecule has 9 heteroatoms. The molecule has 9 nitrogen and oxygen atoms in total. The fraction of sp³-hybridized carbons (Fsp3) is 0.500. The summed E-state index contributed by atoms with van der Waals surface area (Å²) >= 11 is 0. The Morgan fingerprint density at radius 2 is 2.53 bits per heavy atom. The van der Waals surface area contributed by atoms with Crippen molar-refractivity contribution in [3.8, 4) is 0 Å². The van der Waals surface area contributed by atoms with Crippen LogP contribution in [0.2, 0.25) is 0 Å². The maximum atomic E-state index is 11.7. The van der Waals surface area contributed by atoms with Crippen LogP contribution in [0.25, 0.3) is 11.2 Å². The first-order chi connectivity index (χ1) is 9.44. The van der Waals surface area contributed by atoms with Gasteiger partial charge in [-0.15, -0.1) is 0 Å². The molecule has 1 aliphatic rings. The molecule has 0 aromatic carbocycles. The highest BCUT2D eigenvalue weighted by Gasteiger charge is 2.35. The number of fused-ring (bicyclic) bond motifs is 1. The van der Waals surface area contributed by atoms with Crippen molar-refractivity contribution in [2.75, 3.05) is 12.3 Å². The van der Waals surface area contributed by atoms with Gasteiger partial charge in [0.05, 0.1) is 20.4 Å². The van der Waals surface area contributed by atoms with Crippen molar-refractivity contribution in [1.29, 1.82) is 0 Å². The summed E-state index contributed by atoms with van der Waals surface area (Å²) in [6.07, 6.45) is -2.31. The summed E-state index contributed by atoms with van der Waals surface area (Å²) in [4.78, 5) is 21.9. The molecule has 102 valence electrons. The van der Waals surface area contributed by atoms with E-state index in [-0.39, 0.29) is 23.5 Å². The van der Waals surface area contributed by atoms with Crippen LogP contribution in [-0.2, 0) is 4.74 Å². The van der Waals surface area contributed by atoms with E-state index in [4.69, 9.17) is 16.9 Å². The first-order valence-electron chi connectivity index (χ1n) is 6.13. The van der Waals surface area contributed by atoms with Crippen LogP contribution in [0.15, 0.2) is 11.1 Å². The standard InChI is InChI=1S/C10H13N5O4/c11-10-13-8-7(9(18)14-10)12-3-15(8)6-1-4(17)5(2-16)19-6/h3-6,16-17H,1-2H2,(H3,11,13,14,18)/t4-,5-,6+/m0/s1/i5D. The van der Waals surface area contributed by atoms with Crippen LogP contribution in [0.5, 0.6) is 0 Å². The molecule has 0 aliphatic carbocycles. The van der Waals surface area contributed by atoms with Crippen molar-refractivity contribution < 1.29 is 16.3 Å². The molecule has 3 atom stereocenters. The predicted molar refractivity (Wildman–Crippen MR) is 64.2 cm³/mol. The van der Waals surface area contributed by atoms with Gasteiger partial charge in [-0.3, -0.25) is 14.3 Å². The smallest absolute Gasteiger partial charge is 0.280 e. The summed E-state index contributed by atoms with van der Waals surface area (Å²) < 4.78 is 14.5. The molecular formula is C10H13N5O4. The van der Waals surface area contributed by atoms with Gasteiger partial charge in [-0.25, -0.2) is 4.98 Å². The van der Waals surface area contributed by atoms with Gasteiger partial charge in [0.1, 0.15) is 12.3 Å². The number of aliphatic hydroxyl groups is 2. The molecule has 3 rings (SSSR count). The van der Waals surface area contributed by atoms with Crippen molar-refractivity contribution in [2.24, 2.45) is 0 Å². The lowest BCUT2D eigenvalue weighted by atomic mass is 10.2. The van der Waals surface area contributed by atoms with Gasteiger partial charge in [0.25, 0.3) is 5.56 Å². The lowest BCUT2D eigenvalue weighted by molar-refractivity contribution is -0.0432. The number of nitrogens with two attached hydrogens (primary N) is 1. The van der Waals surface area contributed by atoms with Gasteiger partial charge < -0.3 is 20.7 Å². The normalized spacial score (nSPS) is 31.8. The Balaban J connectivity index is 2.06. The minimum atomic E-state index is -1.80. The number of anilines is 1. The van der Waals surface area contributed by atoms with Crippen LogP contribution in [0.3, 0.4) is 0 Å². The van der Waals surface area contributed by atoms with Gasteiger partial charge in [0.2, 0.25) is 5.95 Å². The van der Waals surface area contributed by atoms with Crippen LogP contribution < -0.4 is 11.3 Å². The van der Waals surface area contributed by atoms with E-state index in [0.29, 0.717) is 0 Å². The molecule has 1 aliphatic heterocycles. The SMILES string of the molecule is [2H][C@@]1(CO)O[C@@H](n2cnc3c(=O)[nH]c(N)nc32)C[C@@H]1O. The molecule has 2 aromatic heterocycles. The molecular weight excluding hydrogens is 254 g/mol. The Labute approximate surface area is 108 Å². The number of nitrogen functional groups attached to an aromatic ring is 1. The molecule has 3 heterocycles. The summed E-state index contributed by atoms with van der Waals surface area (Å²) in [6.45, 7) is -0.645. The Kier molecular flexibility index (Phi) is 2.47. The molecule has 1 fully saturated rings. The molecule has 0 radical (unpaired) electrons. The minimum Gasteiger partial charge on any atom is -0.394 e. The maximum absolute atomic E-state index is 11.7. The second-order valence-electron chi connectivity index (χ2n) is 4.22. The average Bonchev–Trinajstić information content (AvgIpc) is 2.92. The number of aromatic amines is 1. The van der Waals surface area contributed by atoms with E-state index < -0.39 is 30.6 Å². The van der Waals surface area contributed by atoms with Crippen LogP contribution in [0.4, 0.5) is 5.95 Å². The van der Waals surface area contributed by atoms with Crippen LogP contribution in [-0.4, -0.2) is 48.5 Å². The monoisotopic (exact) mass is 268 g/mol. The molecule has 0 saturated carbocycles. The molecule has 0 amide bonds. The Hall–Kier alpha value is -1.97. The van der Waals surface area contributed by atoms with Crippen LogP contribution >= 0.6 is 0 Å². The number of aliphatic hydroxyl groups excluding tert-OH is 2. The Bertz CT molecular complexity index is 715. The van der Waals surface area contributed by atoms with E-state index in [1.54, 1.807) is 0 Å². The number of hydrogen-bond donors (Lipinski definition) is 4. The molecule has 0 bridgehead atoms. The molecule has 0 spiro atoms. The maximum Gasteiger partial charge on any atom is 0.280 e. The Morgan fingerprint density at radius 3 is 3.21 bits per heavy atom. The summed E-state index contributed by atoms with van der Waals surface area (Å²) in [5.74, 6) is -0.0675. The number of imidazole rings is 1. The highest BCUT2D eigenvalue weighted by molar-refractivity contribution is 5.70. The fourth-order valence-electron chi connectivity index (χ4n) is 2.09. The lowest BCUT2D eigenvalue weighted by Crippen LogP contribution is -2.24. The van der Waals surface area contributed by atoms with Crippen molar-refractivity contribution in [1.82, 2.24) is 19.5 Å². The fourth-order valence-corrected chi connectivity index (χ4v) is 2.09. The summed E-state index contributed by atoms with van der Waals surface area (Å²) in [6, 6.07) is 0. The first-order valence-corrected chi connectivity index (χ1v) is 5.63. The minimum absolute atomic E-state index is 0.0675. The molecule has 1 saturated heterocycles. The second-order valence-corrected chi connectivity index (χ2v) is 4.22. The highest BCUT2D eigenvalue weighted by Crippen LogP contribution is 2.30. The van der Waals surface area contributed by atoms with Crippen molar-refractivity contribution in [3.05, 3.63) is 16.7 Å². The quantitative estimate of drug-likeness (QED) is 0.511. The number of hydrogen-bond acceptors (Lipinski definition) is 7. The average molecular weight is 268 g/mol. The van der Waals surface area contributed by atoms with Gasteiger partial charge >= 0.3 is 0 Å². The van der Waals surface area contributed by atoms with Gasteiger partial charge in [-0.05, 0) is 0 Å². The number of rotatable bonds is 2. The summed E-state index contributed by atoms with van der Waals surface area (Å²) in [5, 5.41) is 18.9.